The Morgan fingerprint density at radius 2 is 0.942 bits per heavy atom. The lowest BCUT2D eigenvalue weighted by Gasteiger charge is -2.44. The van der Waals surface area contributed by atoms with Crippen LogP contribution in [0.15, 0.2) is 91.0 Å². The highest BCUT2D eigenvalue weighted by molar-refractivity contribution is 8.00. The molecule has 3 aromatic carbocycles. The van der Waals surface area contributed by atoms with Gasteiger partial charge in [0.25, 0.3) is 0 Å². The van der Waals surface area contributed by atoms with E-state index in [2.05, 4.69) is 0 Å². The smallest absolute Gasteiger partial charge is 0.340 e. The van der Waals surface area contributed by atoms with E-state index in [1.54, 1.807) is 54.6 Å². The minimum Gasteiger partial charge on any atom is -0.456 e. The van der Waals surface area contributed by atoms with Crippen molar-refractivity contribution in [2.24, 2.45) is 0 Å². The first-order valence-electron chi connectivity index (χ1n) is 16.2. The van der Waals surface area contributed by atoms with Gasteiger partial charge in [-0.2, -0.15) is 0 Å². The van der Waals surface area contributed by atoms with Gasteiger partial charge in [-0.15, -0.1) is 11.8 Å². The average molecular weight is 737 g/mol. The quantitative estimate of drug-likeness (QED) is 0.204. The molecule has 0 aliphatic carbocycles. The molecule has 0 radical (unpaired) electrons. The fourth-order valence-corrected chi connectivity index (χ4v) is 6.90. The summed E-state index contributed by atoms with van der Waals surface area (Å²) < 4.78 is 46.1. The molecule has 2 fully saturated rings. The molecule has 0 N–H and O–H groups in total. The van der Waals surface area contributed by atoms with Gasteiger partial charge >= 0.3 is 35.8 Å². The number of carbonyl (C=O) groups is 6. The van der Waals surface area contributed by atoms with Crippen LogP contribution < -0.4 is 0 Å². The third kappa shape index (κ3) is 9.96. The standard InChI is InChI=1S/C37H36O14S/c1-21(38)46-27-19-45-37(32(48-23(3)40)29(27)47-22(2)39)52-28-20-44-36(51-35(43)26-17-11-6-12-18-26)31(50-34(42)25-15-9-5-10-16-25)30(28)49-33(41)24-13-7-4-8-14-24/h4-18,27-32,36-37H,19-20H2,1-3H3/t27-,28-,29+,30+,31-,32-,36-,37+/m1/s1. The predicted octanol–water partition coefficient (Wildman–Crippen LogP) is 3.90. The maximum Gasteiger partial charge on any atom is 0.340 e. The third-order valence-electron chi connectivity index (χ3n) is 7.73. The van der Waals surface area contributed by atoms with E-state index in [0.29, 0.717) is 0 Å². The van der Waals surface area contributed by atoms with Crippen LogP contribution in [0, 0.1) is 0 Å². The van der Waals surface area contributed by atoms with Gasteiger partial charge in [-0.1, -0.05) is 54.6 Å². The van der Waals surface area contributed by atoms with Crippen molar-refractivity contribution in [2.45, 2.75) is 68.3 Å². The number of hydrogen-bond acceptors (Lipinski definition) is 15. The van der Waals surface area contributed by atoms with Crippen LogP contribution in [0.1, 0.15) is 51.8 Å². The topological polar surface area (TPSA) is 176 Å². The minimum absolute atomic E-state index is 0.157. The maximum atomic E-state index is 13.6. The van der Waals surface area contributed by atoms with Crippen LogP contribution >= 0.6 is 11.8 Å². The van der Waals surface area contributed by atoms with E-state index < -0.39 is 83.3 Å². The average Bonchev–Trinajstić information content (AvgIpc) is 3.13. The molecule has 14 nitrogen and oxygen atoms in total. The van der Waals surface area contributed by atoms with Crippen LogP contribution in [0.4, 0.5) is 0 Å². The van der Waals surface area contributed by atoms with Crippen molar-refractivity contribution >= 4 is 47.6 Å². The number of ether oxygens (including phenoxy) is 8. The monoisotopic (exact) mass is 736 g/mol. The first-order chi connectivity index (χ1) is 25.0. The first kappa shape index (κ1) is 38.0. The molecule has 0 aromatic heterocycles. The van der Waals surface area contributed by atoms with Gasteiger partial charge in [0, 0.05) is 20.8 Å². The van der Waals surface area contributed by atoms with Gasteiger partial charge < -0.3 is 37.9 Å². The van der Waals surface area contributed by atoms with Crippen LogP contribution in [0.25, 0.3) is 0 Å². The largest absolute Gasteiger partial charge is 0.456 e. The van der Waals surface area contributed by atoms with E-state index in [1.807, 2.05) is 0 Å². The van der Waals surface area contributed by atoms with E-state index >= 15 is 0 Å². The molecule has 3 aromatic rings. The second kappa shape index (κ2) is 17.8. The van der Waals surface area contributed by atoms with Crippen molar-refractivity contribution in [1.29, 1.82) is 0 Å². The van der Waals surface area contributed by atoms with Crippen LogP contribution in [0.5, 0.6) is 0 Å². The Kier molecular flexibility index (Phi) is 13.0. The van der Waals surface area contributed by atoms with Gasteiger partial charge in [0.2, 0.25) is 12.4 Å². The lowest BCUT2D eigenvalue weighted by Crippen LogP contribution is -2.60. The summed E-state index contributed by atoms with van der Waals surface area (Å²) in [6, 6.07) is 24.1. The summed E-state index contributed by atoms with van der Waals surface area (Å²) >= 11 is 0.967. The SMILES string of the molecule is CC(=O)O[C@@H]1[C@@H](OC(C)=O)[C@H](S[C@@H]2CO[C@H](OC(=O)c3ccccc3)[C@H](OC(=O)c3ccccc3)[C@H]2OC(=O)c2ccccc2)OC[C@H]1OC(C)=O. The molecule has 8 atom stereocenters. The van der Waals surface area contributed by atoms with Crippen molar-refractivity contribution in [3.8, 4) is 0 Å². The van der Waals surface area contributed by atoms with Gasteiger partial charge in [-0.05, 0) is 36.4 Å². The van der Waals surface area contributed by atoms with Crippen molar-refractivity contribution < 1.29 is 66.7 Å². The lowest BCUT2D eigenvalue weighted by molar-refractivity contribution is -0.219. The van der Waals surface area contributed by atoms with Crippen molar-refractivity contribution in [1.82, 2.24) is 0 Å². The molecular weight excluding hydrogens is 700 g/mol. The van der Waals surface area contributed by atoms with E-state index in [-0.39, 0.29) is 29.9 Å². The molecule has 2 saturated heterocycles. The summed E-state index contributed by atoms with van der Waals surface area (Å²) in [5.41, 5.74) is -0.605. The highest BCUT2D eigenvalue weighted by Gasteiger charge is 2.53. The normalized spacial score (nSPS) is 25.4. The van der Waals surface area contributed by atoms with Gasteiger partial charge in [-0.3, -0.25) is 14.4 Å². The van der Waals surface area contributed by atoms with Gasteiger partial charge in [0.05, 0.1) is 35.2 Å². The molecule has 0 bridgehead atoms. The van der Waals surface area contributed by atoms with Crippen LogP contribution in [-0.2, 0) is 52.3 Å². The lowest BCUT2D eigenvalue weighted by atomic mass is 10.1. The molecule has 2 aliphatic heterocycles. The Bertz CT molecular complexity index is 1720. The number of benzene rings is 3. The number of hydrogen-bond donors (Lipinski definition) is 0. The van der Waals surface area contributed by atoms with Crippen LogP contribution in [0.2, 0.25) is 0 Å². The minimum atomic E-state index is -1.55. The zero-order valence-electron chi connectivity index (χ0n) is 28.3. The molecule has 0 saturated carbocycles. The summed E-state index contributed by atoms with van der Waals surface area (Å²) in [5, 5.41) is -0.945. The zero-order chi connectivity index (χ0) is 37.2. The summed E-state index contributed by atoms with van der Waals surface area (Å²) in [4.78, 5) is 76.7. The highest BCUT2D eigenvalue weighted by Crippen LogP contribution is 2.39. The zero-order valence-corrected chi connectivity index (χ0v) is 29.1. The fourth-order valence-electron chi connectivity index (χ4n) is 5.51. The molecule has 0 spiro atoms. The highest BCUT2D eigenvalue weighted by atomic mass is 32.2. The number of carbonyl (C=O) groups excluding carboxylic acids is 6. The second-order valence-electron chi connectivity index (χ2n) is 11.6. The van der Waals surface area contributed by atoms with Crippen molar-refractivity contribution in [3.05, 3.63) is 108 Å². The summed E-state index contributed by atoms with van der Waals surface area (Å²) in [6.45, 7) is 2.92. The molecule has 274 valence electrons. The fraction of sp³-hybridized carbons (Fsp3) is 0.351. The Morgan fingerprint density at radius 1 is 0.500 bits per heavy atom. The molecule has 52 heavy (non-hydrogen) atoms. The summed E-state index contributed by atoms with van der Waals surface area (Å²) in [6.07, 6.45) is -8.19. The van der Waals surface area contributed by atoms with Gasteiger partial charge in [0.15, 0.2) is 24.4 Å². The van der Waals surface area contributed by atoms with E-state index in [4.69, 9.17) is 37.9 Å². The molecule has 0 unspecified atom stereocenters. The van der Waals surface area contributed by atoms with E-state index in [9.17, 15) is 28.8 Å². The number of rotatable bonds is 11. The summed E-state index contributed by atoms with van der Waals surface area (Å²) in [5.74, 6) is -4.60. The molecular formula is C37H36O14S. The van der Waals surface area contributed by atoms with E-state index in [0.717, 1.165) is 32.5 Å². The maximum absolute atomic E-state index is 13.6. The molecule has 2 heterocycles. The molecule has 2 aliphatic rings. The second-order valence-corrected chi connectivity index (χ2v) is 13.0. The van der Waals surface area contributed by atoms with Crippen molar-refractivity contribution in [3.63, 3.8) is 0 Å². The third-order valence-corrected chi connectivity index (χ3v) is 9.16. The Hall–Kier alpha value is -5.25. The van der Waals surface area contributed by atoms with Gasteiger partial charge in [-0.25, -0.2) is 14.4 Å². The first-order valence-corrected chi connectivity index (χ1v) is 17.1. The molecule has 0 amide bonds. The molecule has 5 rings (SSSR count). The Balaban J connectivity index is 1.51. The number of thioether (sulfide) groups is 1. The number of esters is 6. The van der Waals surface area contributed by atoms with Crippen molar-refractivity contribution in [2.75, 3.05) is 13.2 Å². The van der Waals surface area contributed by atoms with Crippen LogP contribution in [0.3, 0.4) is 0 Å². The van der Waals surface area contributed by atoms with E-state index in [1.165, 1.54) is 36.4 Å². The summed E-state index contributed by atoms with van der Waals surface area (Å²) in [7, 11) is 0. The predicted molar refractivity (Wildman–Crippen MR) is 181 cm³/mol. The van der Waals surface area contributed by atoms with Gasteiger partial charge in [0.1, 0.15) is 5.44 Å². The molecule has 15 heteroatoms. The Labute approximate surface area is 302 Å². The van der Waals surface area contributed by atoms with Crippen LogP contribution in [-0.4, -0.2) is 96.5 Å². The Morgan fingerprint density at radius 3 is 1.42 bits per heavy atom.